The SMILES string of the molecule is CC1CCC2(CC1)NC(=O)N(CC(=O)NC(CN1CCN(C)CC1)c1ccccc1)C2=O. The lowest BCUT2D eigenvalue weighted by Gasteiger charge is -2.35. The van der Waals surface area contributed by atoms with Crippen molar-refractivity contribution in [3.8, 4) is 0 Å². The summed E-state index contributed by atoms with van der Waals surface area (Å²) in [5.74, 6) is 0.00136. The first kappa shape index (κ1) is 22.7. The fraction of sp³-hybridized carbons (Fsp3) is 0.625. The van der Waals surface area contributed by atoms with Crippen molar-refractivity contribution in [1.29, 1.82) is 0 Å². The number of urea groups is 1. The van der Waals surface area contributed by atoms with Crippen LogP contribution in [-0.4, -0.2) is 84.4 Å². The molecule has 4 amide bonds. The lowest BCUT2D eigenvalue weighted by atomic mass is 9.77. The predicted octanol–water partition coefficient (Wildman–Crippen LogP) is 1.59. The van der Waals surface area contributed by atoms with Gasteiger partial charge in [0.1, 0.15) is 12.1 Å². The van der Waals surface area contributed by atoms with E-state index in [0.29, 0.717) is 25.3 Å². The Hall–Kier alpha value is -2.45. The first-order valence-electron chi connectivity index (χ1n) is 11.8. The van der Waals surface area contributed by atoms with Crippen LogP contribution in [0.4, 0.5) is 4.79 Å². The Kier molecular flexibility index (Phi) is 6.81. The van der Waals surface area contributed by atoms with E-state index in [-0.39, 0.29) is 24.4 Å². The maximum absolute atomic E-state index is 13.1. The van der Waals surface area contributed by atoms with Crippen LogP contribution >= 0.6 is 0 Å². The van der Waals surface area contributed by atoms with E-state index in [1.54, 1.807) is 0 Å². The van der Waals surface area contributed by atoms with Gasteiger partial charge in [-0.15, -0.1) is 0 Å². The summed E-state index contributed by atoms with van der Waals surface area (Å²) < 4.78 is 0. The summed E-state index contributed by atoms with van der Waals surface area (Å²) >= 11 is 0. The van der Waals surface area contributed by atoms with E-state index >= 15 is 0 Å². The monoisotopic (exact) mass is 441 g/mol. The molecule has 8 heteroatoms. The molecule has 2 saturated heterocycles. The number of hydrogen-bond acceptors (Lipinski definition) is 5. The van der Waals surface area contributed by atoms with Gasteiger partial charge < -0.3 is 15.5 Å². The quantitative estimate of drug-likeness (QED) is 0.655. The number of rotatable bonds is 6. The molecule has 1 atom stereocenters. The van der Waals surface area contributed by atoms with E-state index in [4.69, 9.17) is 0 Å². The van der Waals surface area contributed by atoms with Gasteiger partial charge in [-0.3, -0.25) is 19.4 Å². The lowest BCUT2D eigenvalue weighted by Crippen LogP contribution is -2.50. The topological polar surface area (TPSA) is 85.0 Å². The van der Waals surface area contributed by atoms with Crippen molar-refractivity contribution in [3.05, 3.63) is 35.9 Å². The molecule has 32 heavy (non-hydrogen) atoms. The van der Waals surface area contributed by atoms with Crippen molar-refractivity contribution in [2.75, 3.05) is 46.3 Å². The average molecular weight is 442 g/mol. The fourth-order valence-electron chi connectivity index (χ4n) is 5.01. The zero-order chi connectivity index (χ0) is 22.7. The Morgan fingerprint density at radius 2 is 1.78 bits per heavy atom. The van der Waals surface area contributed by atoms with Gasteiger partial charge in [-0.2, -0.15) is 0 Å². The standard InChI is InChI=1S/C24H35N5O3/c1-18-8-10-24(11-9-18)22(31)29(23(32)26-24)17-21(30)25-20(19-6-4-3-5-7-19)16-28-14-12-27(2)13-15-28/h3-7,18,20H,8-17H2,1-2H3,(H,25,30)(H,26,32). The van der Waals surface area contributed by atoms with Crippen molar-refractivity contribution in [1.82, 2.24) is 25.3 Å². The predicted molar refractivity (Wildman–Crippen MR) is 122 cm³/mol. The van der Waals surface area contributed by atoms with Crippen LogP contribution in [-0.2, 0) is 9.59 Å². The number of carbonyl (C=O) groups excluding carboxylic acids is 3. The second-order valence-electron chi connectivity index (χ2n) is 9.72. The maximum Gasteiger partial charge on any atom is 0.325 e. The molecule has 3 aliphatic rings. The summed E-state index contributed by atoms with van der Waals surface area (Å²) in [7, 11) is 2.12. The zero-order valence-corrected chi connectivity index (χ0v) is 19.2. The van der Waals surface area contributed by atoms with E-state index in [9.17, 15) is 14.4 Å². The molecule has 1 unspecified atom stereocenters. The number of imide groups is 1. The van der Waals surface area contributed by atoms with Crippen molar-refractivity contribution < 1.29 is 14.4 Å². The molecule has 1 aromatic rings. The Labute approximate surface area is 190 Å². The summed E-state index contributed by atoms with van der Waals surface area (Å²) in [5, 5.41) is 5.98. The molecule has 174 valence electrons. The number of carbonyl (C=O) groups is 3. The van der Waals surface area contributed by atoms with Crippen molar-refractivity contribution in [3.63, 3.8) is 0 Å². The highest BCUT2D eigenvalue weighted by atomic mass is 16.2. The highest BCUT2D eigenvalue weighted by molar-refractivity contribution is 6.09. The van der Waals surface area contributed by atoms with Crippen LogP contribution in [0.25, 0.3) is 0 Å². The molecule has 2 N–H and O–H groups in total. The van der Waals surface area contributed by atoms with Gasteiger partial charge in [0.2, 0.25) is 5.91 Å². The molecule has 3 fully saturated rings. The smallest absolute Gasteiger partial charge is 0.325 e. The first-order valence-corrected chi connectivity index (χ1v) is 11.8. The first-order chi connectivity index (χ1) is 15.4. The number of amides is 4. The molecule has 4 rings (SSSR count). The van der Waals surface area contributed by atoms with Gasteiger partial charge in [0, 0.05) is 32.7 Å². The second kappa shape index (κ2) is 9.58. The Morgan fingerprint density at radius 1 is 1.12 bits per heavy atom. The van der Waals surface area contributed by atoms with Gasteiger partial charge in [-0.1, -0.05) is 37.3 Å². The number of hydrogen-bond donors (Lipinski definition) is 2. The van der Waals surface area contributed by atoms with E-state index in [1.165, 1.54) is 0 Å². The molecular weight excluding hydrogens is 406 g/mol. The van der Waals surface area contributed by atoms with Gasteiger partial charge in [0.05, 0.1) is 6.04 Å². The van der Waals surface area contributed by atoms with Crippen LogP contribution in [0, 0.1) is 5.92 Å². The van der Waals surface area contributed by atoms with Gasteiger partial charge in [-0.05, 0) is 44.2 Å². The summed E-state index contributed by atoms with van der Waals surface area (Å²) in [6.07, 6.45) is 3.11. The molecule has 2 aliphatic heterocycles. The second-order valence-corrected chi connectivity index (χ2v) is 9.72. The summed E-state index contributed by atoms with van der Waals surface area (Å²) in [6, 6.07) is 9.25. The zero-order valence-electron chi connectivity index (χ0n) is 19.2. The number of likely N-dealkylation sites (N-methyl/N-ethyl adjacent to an activating group) is 1. The maximum atomic E-state index is 13.1. The highest BCUT2D eigenvalue weighted by Crippen LogP contribution is 2.36. The molecule has 1 aromatic carbocycles. The number of benzene rings is 1. The van der Waals surface area contributed by atoms with Crippen LogP contribution in [0.3, 0.4) is 0 Å². The van der Waals surface area contributed by atoms with Crippen LogP contribution in [0.2, 0.25) is 0 Å². The Balaban J connectivity index is 1.41. The Bertz CT molecular complexity index is 829. The summed E-state index contributed by atoms with van der Waals surface area (Å²) in [6.45, 7) is 6.52. The van der Waals surface area contributed by atoms with Crippen LogP contribution in [0.5, 0.6) is 0 Å². The van der Waals surface area contributed by atoms with Crippen LogP contribution in [0.15, 0.2) is 30.3 Å². The van der Waals surface area contributed by atoms with E-state index in [0.717, 1.165) is 49.5 Å². The van der Waals surface area contributed by atoms with Gasteiger partial charge in [-0.25, -0.2) is 4.79 Å². The van der Waals surface area contributed by atoms with Crippen LogP contribution < -0.4 is 10.6 Å². The largest absolute Gasteiger partial charge is 0.346 e. The lowest BCUT2D eigenvalue weighted by molar-refractivity contribution is -0.136. The van der Waals surface area contributed by atoms with E-state index in [2.05, 4.69) is 34.4 Å². The van der Waals surface area contributed by atoms with Gasteiger partial charge >= 0.3 is 6.03 Å². The molecule has 1 spiro atoms. The van der Waals surface area contributed by atoms with Crippen LogP contribution in [0.1, 0.15) is 44.2 Å². The molecule has 0 bridgehead atoms. The van der Waals surface area contributed by atoms with Gasteiger partial charge in [0.25, 0.3) is 5.91 Å². The van der Waals surface area contributed by atoms with Crippen molar-refractivity contribution in [2.24, 2.45) is 5.92 Å². The summed E-state index contributed by atoms with van der Waals surface area (Å²) in [4.78, 5) is 44.4. The minimum atomic E-state index is -0.817. The summed E-state index contributed by atoms with van der Waals surface area (Å²) in [5.41, 5.74) is 0.206. The average Bonchev–Trinajstić information content (AvgIpc) is 3.01. The molecule has 0 aromatic heterocycles. The van der Waals surface area contributed by atoms with Gasteiger partial charge in [0.15, 0.2) is 0 Å². The van der Waals surface area contributed by atoms with E-state index in [1.807, 2.05) is 30.3 Å². The fourth-order valence-corrected chi connectivity index (χ4v) is 5.01. The number of nitrogens with one attached hydrogen (secondary N) is 2. The molecule has 0 radical (unpaired) electrons. The highest BCUT2D eigenvalue weighted by Gasteiger charge is 2.52. The molecule has 2 heterocycles. The number of piperazine rings is 1. The third kappa shape index (κ3) is 4.96. The van der Waals surface area contributed by atoms with E-state index < -0.39 is 11.6 Å². The molecule has 8 nitrogen and oxygen atoms in total. The Morgan fingerprint density at radius 3 is 2.44 bits per heavy atom. The molecule has 1 saturated carbocycles. The van der Waals surface area contributed by atoms with Crippen molar-refractivity contribution in [2.45, 2.75) is 44.2 Å². The minimum absolute atomic E-state index is 0.197. The number of nitrogens with zero attached hydrogens (tertiary/aromatic N) is 3. The minimum Gasteiger partial charge on any atom is -0.346 e. The molecular formula is C24H35N5O3. The third-order valence-electron chi connectivity index (χ3n) is 7.25. The third-order valence-corrected chi connectivity index (χ3v) is 7.25. The van der Waals surface area contributed by atoms with Crippen molar-refractivity contribution >= 4 is 17.8 Å². The normalized spacial score (nSPS) is 28.1. The molecule has 1 aliphatic carbocycles.